The highest BCUT2D eigenvalue weighted by atomic mass is 16.5. The molecule has 21 heavy (non-hydrogen) atoms. The highest BCUT2D eigenvalue weighted by Crippen LogP contribution is 2.16. The Kier molecular flexibility index (Phi) is 7.27. The van der Waals surface area contributed by atoms with E-state index < -0.39 is 0 Å². The Hall–Kier alpha value is -0.840. The van der Waals surface area contributed by atoms with Gasteiger partial charge in [-0.1, -0.05) is 13.3 Å². The first-order chi connectivity index (χ1) is 10.3. The van der Waals surface area contributed by atoms with Gasteiger partial charge in [-0.2, -0.15) is 0 Å². The molecular formula is C17H30N2O2. The second-order valence-corrected chi connectivity index (χ2v) is 5.93. The molecular weight excluding hydrogens is 264 g/mol. The van der Waals surface area contributed by atoms with Crippen LogP contribution >= 0.6 is 0 Å². The molecule has 0 aliphatic carbocycles. The van der Waals surface area contributed by atoms with E-state index >= 15 is 0 Å². The van der Waals surface area contributed by atoms with Gasteiger partial charge in [-0.15, -0.1) is 0 Å². The maximum atomic E-state index is 5.82. The average molecular weight is 294 g/mol. The lowest BCUT2D eigenvalue weighted by Crippen LogP contribution is -2.32. The molecule has 0 atom stereocenters. The van der Waals surface area contributed by atoms with E-state index in [2.05, 4.69) is 23.2 Å². The van der Waals surface area contributed by atoms with Crippen molar-refractivity contribution in [2.45, 2.75) is 52.7 Å². The number of hydrogen-bond acceptors (Lipinski definition) is 4. The highest BCUT2D eigenvalue weighted by Gasteiger charge is 2.10. The van der Waals surface area contributed by atoms with Gasteiger partial charge in [0, 0.05) is 12.1 Å². The molecule has 2 heterocycles. The minimum Gasteiger partial charge on any atom is -0.465 e. The maximum absolute atomic E-state index is 5.82. The van der Waals surface area contributed by atoms with Crippen LogP contribution in [0.2, 0.25) is 0 Å². The molecule has 1 N–H and O–H groups in total. The molecule has 1 aromatic heterocycles. The van der Waals surface area contributed by atoms with Crippen molar-refractivity contribution in [3.05, 3.63) is 23.2 Å². The maximum Gasteiger partial charge on any atom is 0.118 e. The molecule has 1 fully saturated rings. The summed E-state index contributed by atoms with van der Waals surface area (Å²) in [6, 6.07) is 2.12. The minimum absolute atomic E-state index is 0.664. The van der Waals surface area contributed by atoms with Crippen LogP contribution in [0.1, 0.15) is 49.7 Å². The fourth-order valence-corrected chi connectivity index (χ4v) is 2.77. The fourth-order valence-electron chi connectivity index (χ4n) is 2.77. The van der Waals surface area contributed by atoms with Crippen LogP contribution in [0.25, 0.3) is 0 Å². The first kappa shape index (κ1) is 16.5. The first-order valence-electron chi connectivity index (χ1n) is 8.38. The van der Waals surface area contributed by atoms with Gasteiger partial charge in [0.05, 0.1) is 19.8 Å². The number of ether oxygens (including phenoxy) is 1. The van der Waals surface area contributed by atoms with Gasteiger partial charge in [-0.3, -0.25) is 0 Å². The quantitative estimate of drug-likeness (QED) is 0.710. The monoisotopic (exact) mass is 294 g/mol. The molecule has 0 bridgehead atoms. The van der Waals surface area contributed by atoms with Crippen molar-refractivity contribution in [3.8, 4) is 0 Å². The normalized spacial score (nSPS) is 16.5. The summed E-state index contributed by atoms with van der Waals surface area (Å²) in [5.74, 6) is 2.00. The second kappa shape index (κ2) is 9.23. The van der Waals surface area contributed by atoms with Crippen molar-refractivity contribution < 1.29 is 9.15 Å². The summed E-state index contributed by atoms with van der Waals surface area (Å²) in [4.78, 5) is 2.51. The topological polar surface area (TPSA) is 37.6 Å². The summed E-state index contributed by atoms with van der Waals surface area (Å²) in [6.07, 6.45) is 5.22. The van der Waals surface area contributed by atoms with E-state index in [-0.39, 0.29) is 0 Å². The zero-order valence-corrected chi connectivity index (χ0v) is 13.6. The van der Waals surface area contributed by atoms with E-state index in [9.17, 15) is 0 Å². The van der Waals surface area contributed by atoms with Gasteiger partial charge in [0.25, 0.3) is 0 Å². The Labute approximate surface area is 128 Å². The standard InChI is InChI=1S/C17H30N2O2/c1-3-7-18-13-17-12-16(15(2)21-17)14-20-11-10-19-8-5-4-6-9-19/h12,18H,3-11,13-14H2,1-2H3. The van der Waals surface area contributed by atoms with Crippen LogP contribution in [0, 0.1) is 6.92 Å². The Morgan fingerprint density at radius 2 is 2.10 bits per heavy atom. The average Bonchev–Trinajstić information content (AvgIpc) is 2.85. The molecule has 1 aliphatic rings. The molecule has 0 saturated carbocycles. The fraction of sp³-hybridized carbons (Fsp3) is 0.765. The van der Waals surface area contributed by atoms with Crippen molar-refractivity contribution in [1.82, 2.24) is 10.2 Å². The number of aryl methyl sites for hydroxylation is 1. The summed E-state index contributed by atoms with van der Waals surface area (Å²) in [7, 11) is 0. The lowest BCUT2D eigenvalue weighted by molar-refractivity contribution is 0.0857. The van der Waals surface area contributed by atoms with Crippen LogP contribution < -0.4 is 5.32 Å². The number of hydrogen-bond donors (Lipinski definition) is 1. The lowest BCUT2D eigenvalue weighted by atomic mass is 10.1. The SMILES string of the molecule is CCCNCc1cc(COCCN2CCCCC2)c(C)o1. The lowest BCUT2D eigenvalue weighted by Gasteiger charge is -2.26. The Bertz CT molecular complexity index is 397. The van der Waals surface area contributed by atoms with E-state index in [4.69, 9.17) is 9.15 Å². The Morgan fingerprint density at radius 3 is 2.86 bits per heavy atom. The molecule has 120 valence electrons. The van der Waals surface area contributed by atoms with Crippen molar-refractivity contribution in [2.24, 2.45) is 0 Å². The van der Waals surface area contributed by atoms with Crippen LogP contribution in [0.5, 0.6) is 0 Å². The number of furan rings is 1. The molecule has 0 radical (unpaired) electrons. The first-order valence-corrected chi connectivity index (χ1v) is 8.38. The number of rotatable bonds is 9. The molecule has 0 amide bonds. The van der Waals surface area contributed by atoms with Crippen molar-refractivity contribution >= 4 is 0 Å². The van der Waals surface area contributed by atoms with Crippen LogP contribution in [-0.4, -0.2) is 37.7 Å². The molecule has 1 aromatic rings. The van der Waals surface area contributed by atoms with E-state index in [1.807, 2.05) is 6.92 Å². The minimum atomic E-state index is 0.664. The molecule has 1 saturated heterocycles. The summed E-state index contributed by atoms with van der Waals surface area (Å²) in [6.45, 7) is 11.0. The molecule has 4 nitrogen and oxygen atoms in total. The van der Waals surface area contributed by atoms with E-state index in [0.717, 1.165) is 44.2 Å². The van der Waals surface area contributed by atoms with Gasteiger partial charge in [0.15, 0.2) is 0 Å². The molecule has 0 spiro atoms. The summed E-state index contributed by atoms with van der Waals surface area (Å²) < 4.78 is 11.6. The van der Waals surface area contributed by atoms with Crippen LogP contribution in [0.15, 0.2) is 10.5 Å². The Morgan fingerprint density at radius 1 is 1.29 bits per heavy atom. The van der Waals surface area contributed by atoms with Gasteiger partial charge >= 0.3 is 0 Å². The number of piperidine rings is 1. The zero-order chi connectivity index (χ0) is 14.9. The summed E-state index contributed by atoms with van der Waals surface area (Å²) >= 11 is 0. The van der Waals surface area contributed by atoms with Crippen LogP contribution in [-0.2, 0) is 17.9 Å². The van der Waals surface area contributed by atoms with Gasteiger partial charge in [-0.25, -0.2) is 0 Å². The smallest absolute Gasteiger partial charge is 0.118 e. The predicted molar refractivity (Wildman–Crippen MR) is 85.4 cm³/mol. The molecule has 1 aliphatic heterocycles. The summed E-state index contributed by atoms with van der Waals surface area (Å²) in [5, 5.41) is 3.36. The third-order valence-electron chi connectivity index (χ3n) is 4.06. The van der Waals surface area contributed by atoms with Crippen molar-refractivity contribution in [1.29, 1.82) is 0 Å². The van der Waals surface area contributed by atoms with Crippen molar-refractivity contribution in [3.63, 3.8) is 0 Å². The third-order valence-corrected chi connectivity index (χ3v) is 4.06. The Balaban J connectivity index is 1.65. The van der Waals surface area contributed by atoms with E-state index in [0.29, 0.717) is 6.61 Å². The van der Waals surface area contributed by atoms with E-state index in [1.165, 1.54) is 37.9 Å². The van der Waals surface area contributed by atoms with Crippen LogP contribution in [0.3, 0.4) is 0 Å². The van der Waals surface area contributed by atoms with Gasteiger partial charge < -0.3 is 19.4 Å². The number of likely N-dealkylation sites (tertiary alicyclic amines) is 1. The number of nitrogens with one attached hydrogen (secondary N) is 1. The van der Waals surface area contributed by atoms with Gasteiger partial charge in [-0.05, 0) is 51.9 Å². The molecule has 2 rings (SSSR count). The summed E-state index contributed by atoms with van der Waals surface area (Å²) in [5.41, 5.74) is 1.18. The van der Waals surface area contributed by atoms with Gasteiger partial charge in [0.1, 0.15) is 11.5 Å². The molecule has 0 aromatic carbocycles. The molecule has 0 unspecified atom stereocenters. The van der Waals surface area contributed by atoms with Gasteiger partial charge in [0.2, 0.25) is 0 Å². The molecule has 4 heteroatoms. The largest absolute Gasteiger partial charge is 0.465 e. The zero-order valence-electron chi connectivity index (χ0n) is 13.6. The van der Waals surface area contributed by atoms with Crippen LogP contribution in [0.4, 0.5) is 0 Å². The van der Waals surface area contributed by atoms with Crippen molar-refractivity contribution in [2.75, 3.05) is 32.8 Å². The number of nitrogens with zero attached hydrogens (tertiary/aromatic N) is 1. The third kappa shape index (κ3) is 5.81. The highest BCUT2D eigenvalue weighted by molar-refractivity contribution is 5.19. The predicted octanol–water partition coefficient (Wildman–Crippen LogP) is 3.09. The van der Waals surface area contributed by atoms with E-state index in [1.54, 1.807) is 0 Å². The second-order valence-electron chi connectivity index (χ2n) is 5.93.